The quantitative estimate of drug-likeness (QED) is 0.828. The van der Waals surface area contributed by atoms with Gasteiger partial charge < -0.3 is 9.64 Å². The van der Waals surface area contributed by atoms with Crippen LogP contribution >= 0.6 is 0 Å². The highest BCUT2D eigenvalue weighted by Crippen LogP contribution is 2.26. The minimum atomic E-state index is 0.269. The average Bonchev–Trinajstić information content (AvgIpc) is 2.53. The number of carbonyl (C=O) groups is 1. The molecule has 0 bridgehead atoms. The second-order valence-electron chi connectivity index (χ2n) is 6.27. The van der Waals surface area contributed by atoms with E-state index in [-0.39, 0.29) is 5.91 Å². The number of hydrogen-bond donors (Lipinski definition) is 0. The molecule has 0 aromatic heterocycles. The van der Waals surface area contributed by atoms with Crippen LogP contribution in [0.5, 0.6) is 5.75 Å². The highest BCUT2D eigenvalue weighted by molar-refractivity contribution is 5.76. The summed E-state index contributed by atoms with van der Waals surface area (Å²) in [6.45, 7) is 2.31. The lowest BCUT2D eigenvalue weighted by Crippen LogP contribution is -2.39. The van der Waals surface area contributed by atoms with E-state index in [1.54, 1.807) is 7.11 Å². The van der Waals surface area contributed by atoms with Gasteiger partial charge in [0, 0.05) is 19.5 Å². The Bertz CT molecular complexity index is 447. The molecule has 1 amide bonds. The molecule has 1 fully saturated rings. The zero-order valence-electron chi connectivity index (χ0n) is 13.5. The molecule has 0 N–H and O–H groups in total. The second-order valence-corrected chi connectivity index (χ2v) is 6.27. The maximum Gasteiger partial charge on any atom is 0.222 e. The van der Waals surface area contributed by atoms with Crippen LogP contribution in [0.15, 0.2) is 24.3 Å². The van der Waals surface area contributed by atoms with Crippen molar-refractivity contribution in [1.29, 1.82) is 0 Å². The Labute approximate surface area is 128 Å². The molecule has 3 heteroatoms. The number of amides is 1. The molecule has 0 heterocycles. The topological polar surface area (TPSA) is 29.5 Å². The lowest BCUT2D eigenvalue weighted by Gasteiger charge is -2.33. The first-order valence-electron chi connectivity index (χ1n) is 7.98. The van der Waals surface area contributed by atoms with Crippen LogP contribution in [-0.4, -0.2) is 31.0 Å². The van der Waals surface area contributed by atoms with Gasteiger partial charge >= 0.3 is 0 Å². The van der Waals surface area contributed by atoms with E-state index < -0.39 is 0 Å². The first-order valence-corrected chi connectivity index (χ1v) is 7.98. The molecule has 0 unspecified atom stereocenters. The van der Waals surface area contributed by atoms with Gasteiger partial charge in [-0.3, -0.25) is 4.79 Å². The minimum absolute atomic E-state index is 0.269. The SMILES string of the molecule is COc1ccc(CCC(=O)N(C)C2CCC(C)CC2)cc1. The van der Waals surface area contributed by atoms with Crippen LogP contribution in [0.25, 0.3) is 0 Å². The van der Waals surface area contributed by atoms with Crippen LogP contribution in [0.4, 0.5) is 0 Å². The van der Waals surface area contributed by atoms with Gasteiger partial charge in [-0.05, 0) is 55.7 Å². The van der Waals surface area contributed by atoms with Crippen LogP contribution in [0, 0.1) is 5.92 Å². The standard InChI is InChI=1S/C18H27NO2/c1-14-4-9-16(10-5-14)19(2)18(20)13-8-15-6-11-17(21-3)12-7-15/h6-7,11-12,14,16H,4-5,8-10,13H2,1-3H3. The Morgan fingerprint density at radius 1 is 1.19 bits per heavy atom. The highest BCUT2D eigenvalue weighted by atomic mass is 16.5. The molecule has 1 aromatic carbocycles. The fourth-order valence-electron chi connectivity index (χ4n) is 3.05. The maximum absolute atomic E-state index is 12.3. The first-order chi connectivity index (χ1) is 10.1. The van der Waals surface area contributed by atoms with Crippen LogP contribution < -0.4 is 4.74 Å². The number of carbonyl (C=O) groups excluding carboxylic acids is 1. The van der Waals surface area contributed by atoms with E-state index in [2.05, 4.69) is 6.92 Å². The predicted octanol–water partition coefficient (Wildman–Crippen LogP) is 3.66. The van der Waals surface area contributed by atoms with Gasteiger partial charge in [-0.25, -0.2) is 0 Å². The van der Waals surface area contributed by atoms with Crippen molar-refractivity contribution in [2.75, 3.05) is 14.2 Å². The number of benzene rings is 1. The van der Waals surface area contributed by atoms with Gasteiger partial charge in [-0.15, -0.1) is 0 Å². The smallest absolute Gasteiger partial charge is 0.222 e. The lowest BCUT2D eigenvalue weighted by atomic mass is 9.86. The molecule has 1 aliphatic carbocycles. The summed E-state index contributed by atoms with van der Waals surface area (Å²) < 4.78 is 5.15. The normalized spacial score (nSPS) is 21.9. The molecular formula is C18H27NO2. The third-order valence-corrected chi connectivity index (χ3v) is 4.71. The minimum Gasteiger partial charge on any atom is -0.497 e. The van der Waals surface area contributed by atoms with E-state index >= 15 is 0 Å². The van der Waals surface area contributed by atoms with Gasteiger partial charge in [0.15, 0.2) is 0 Å². The summed E-state index contributed by atoms with van der Waals surface area (Å²) in [5.41, 5.74) is 1.19. The zero-order valence-corrected chi connectivity index (χ0v) is 13.5. The van der Waals surface area contributed by atoms with Gasteiger partial charge in [0.05, 0.1) is 7.11 Å². The molecule has 0 saturated heterocycles. The summed E-state index contributed by atoms with van der Waals surface area (Å²) >= 11 is 0. The molecule has 0 spiro atoms. The number of nitrogens with zero attached hydrogens (tertiary/aromatic N) is 1. The van der Waals surface area contributed by atoms with Crippen molar-refractivity contribution in [3.8, 4) is 5.75 Å². The predicted molar refractivity (Wildman–Crippen MR) is 85.5 cm³/mol. The Kier molecular flexibility index (Phi) is 5.66. The summed E-state index contributed by atoms with van der Waals surface area (Å²) in [6.07, 6.45) is 6.21. The van der Waals surface area contributed by atoms with E-state index in [9.17, 15) is 4.79 Å². The summed E-state index contributed by atoms with van der Waals surface area (Å²) in [5, 5.41) is 0. The Balaban J connectivity index is 1.80. The number of ether oxygens (including phenoxy) is 1. The van der Waals surface area contributed by atoms with Crippen molar-refractivity contribution in [3.05, 3.63) is 29.8 Å². The van der Waals surface area contributed by atoms with Crippen LogP contribution in [-0.2, 0) is 11.2 Å². The molecule has 0 atom stereocenters. The number of rotatable bonds is 5. The van der Waals surface area contributed by atoms with E-state index in [4.69, 9.17) is 4.74 Å². The molecule has 3 nitrogen and oxygen atoms in total. The summed E-state index contributed by atoms with van der Waals surface area (Å²) in [5.74, 6) is 1.95. The van der Waals surface area contributed by atoms with E-state index in [0.29, 0.717) is 12.5 Å². The van der Waals surface area contributed by atoms with Gasteiger partial charge in [-0.1, -0.05) is 19.1 Å². The maximum atomic E-state index is 12.3. The van der Waals surface area contributed by atoms with Gasteiger partial charge in [0.25, 0.3) is 0 Å². The Hall–Kier alpha value is -1.51. The average molecular weight is 289 g/mol. The second kappa shape index (κ2) is 7.48. The largest absolute Gasteiger partial charge is 0.497 e. The molecule has 0 aliphatic heterocycles. The van der Waals surface area contributed by atoms with Gasteiger partial charge in [0.2, 0.25) is 5.91 Å². The van der Waals surface area contributed by atoms with Crippen molar-refractivity contribution in [1.82, 2.24) is 4.90 Å². The Morgan fingerprint density at radius 3 is 2.38 bits per heavy atom. The molecule has 116 valence electrons. The molecule has 1 aromatic rings. The first kappa shape index (κ1) is 15.9. The number of aryl methyl sites for hydroxylation is 1. The van der Waals surface area contributed by atoms with E-state index in [1.807, 2.05) is 36.2 Å². The van der Waals surface area contributed by atoms with E-state index in [0.717, 1.165) is 30.9 Å². The van der Waals surface area contributed by atoms with Crippen molar-refractivity contribution < 1.29 is 9.53 Å². The lowest BCUT2D eigenvalue weighted by molar-refractivity contribution is -0.132. The molecule has 2 rings (SSSR count). The monoisotopic (exact) mass is 289 g/mol. The van der Waals surface area contributed by atoms with Crippen LogP contribution in [0.1, 0.15) is 44.6 Å². The van der Waals surface area contributed by atoms with Crippen molar-refractivity contribution in [2.45, 2.75) is 51.5 Å². The number of methoxy groups -OCH3 is 1. The number of hydrogen-bond acceptors (Lipinski definition) is 2. The van der Waals surface area contributed by atoms with Crippen LogP contribution in [0.3, 0.4) is 0 Å². The molecule has 1 aliphatic rings. The van der Waals surface area contributed by atoms with Crippen molar-refractivity contribution in [3.63, 3.8) is 0 Å². The van der Waals surface area contributed by atoms with E-state index in [1.165, 1.54) is 18.4 Å². The van der Waals surface area contributed by atoms with Crippen molar-refractivity contribution in [2.24, 2.45) is 5.92 Å². The van der Waals surface area contributed by atoms with Crippen LogP contribution in [0.2, 0.25) is 0 Å². The molecular weight excluding hydrogens is 262 g/mol. The third kappa shape index (κ3) is 4.48. The highest BCUT2D eigenvalue weighted by Gasteiger charge is 2.24. The molecule has 0 radical (unpaired) electrons. The third-order valence-electron chi connectivity index (χ3n) is 4.71. The molecule has 1 saturated carbocycles. The summed E-state index contributed by atoms with van der Waals surface area (Å²) in [7, 11) is 3.63. The summed E-state index contributed by atoms with van der Waals surface area (Å²) in [6, 6.07) is 8.42. The Morgan fingerprint density at radius 2 is 1.81 bits per heavy atom. The fourth-order valence-corrected chi connectivity index (χ4v) is 3.05. The molecule has 21 heavy (non-hydrogen) atoms. The summed E-state index contributed by atoms with van der Waals surface area (Å²) in [4.78, 5) is 14.3. The zero-order chi connectivity index (χ0) is 15.2. The van der Waals surface area contributed by atoms with Gasteiger partial charge in [-0.2, -0.15) is 0 Å². The van der Waals surface area contributed by atoms with Crippen molar-refractivity contribution >= 4 is 5.91 Å². The fraction of sp³-hybridized carbons (Fsp3) is 0.611. The van der Waals surface area contributed by atoms with Gasteiger partial charge in [0.1, 0.15) is 5.75 Å².